The molecule has 16 heavy (non-hydrogen) atoms. The van der Waals surface area contributed by atoms with Crippen LogP contribution in [0.4, 0.5) is 5.82 Å². The summed E-state index contributed by atoms with van der Waals surface area (Å²) in [5, 5.41) is 3.25. The molecule has 1 atom stereocenters. The highest BCUT2D eigenvalue weighted by atomic mass is 16.5. The molecule has 1 aliphatic heterocycles. The Bertz CT molecular complexity index is 351. The molecule has 0 amide bonds. The Morgan fingerprint density at radius 1 is 1.56 bits per heavy atom. The molecule has 1 saturated heterocycles. The van der Waals surface area contributed by atoms with E-state index in [-0.39, 0.29) is 0 Å². The maximum atomic E-state index is 5.52. The molecule has 88 valence electrons. The average Bonchev–Trinajstić information content (AvgIpc) is 2.78. The van der Waals surface area contributed by atoms with Gasteiger partial charge in [-0.05, 0) is 19.8 Å². The minimum atomic E-state index is 0.307. The van der Waals surface area contributed by atoms with Crippen molar-refractivity contribution in [3.63, 3.8) is 0 Å². The van der Waals surface area contributed by atoms with Gasteiger partial charge in [0.05, 0.1) is 13.2 Å². The Kier molecular flexibility index (Phi) is 3.56. The highest BCUT2D eigenvalue weighted by molar-refractivity contribution is 5.37. The van der Waals surface area contributed by atoms with E-state index in [1.54, 1.807) is 7.11 Å². The van der Waals surface area contributed by atoms with Gasteiger partial charge in [0.2, 0.25) is 0 Å². The first kappa shape index (κ1) is 11.1. The van der Waals surface area contributed by atoms with E-state index < -0.39 is 0 Å². The van der Waals surface area contributed by atoms with Crippen LogP contribution in [0.5, 0.6) is 6.01 Å². The van der Waals surface area contributed by atoms with Gasteiger partial charge < -0.3 is 14.8 Å². The summed E-state index contributed by atoms with van der Waals surface area (Å²) in [5.74, 6) is 0.792. The van der Waals surface area contributed by atoms with Crippen molar-refractivity contribution < 1.29 is 9.47 Å². The van der Waals surface area contributed by atoms with Gasteiger partial charge in [-0.2, -0.15) is 4.98 Å². The summed E-state index contributed by atoms with van der Waals surface area (Å²) >= 11 is 0. The third-order valence-electron chi connectivity index (χ3n) is 2.55. The van der Waals surface area contributed by atoms with Gasteiger partial charge >= 0.3 is 6.01 Å². The number of aryl methyl sites for hydroxylation is 1. The average molecular weight is 223 g/mol. The van der Waals surface area contributed by atoms with Crippen LogP contribution in [0.15, 0.2) is 6.07 Å². The second-order valence-corrected chi connectivity index (χ2v) is 3.90. The molecule has 1 N–H and O–H groups in total. The van der Waals surface area contributed by atoms with Crippen molar-refractivity contribution in [1.82, 2.24) is 9.97 Å². The van der Waals surface area contributed by atoms with Crippen molar-refractivity contribution in [3.05, 3.63) is 11.8 Å². The Balaban J connectivity index is 1.94. The van der Waals surface area contributed by atoms with Crippen LogP contribution in [0, 0.1) is 6.92 Å². The second kappa shape index (κ2) is 5.12. The number of rotatable bonds is 4. The van der Waals surface area contributed by atoms with Crippen LogP contribution in [0.2, 0.25) is 0 Å². The number of anilines is 1. The van der Waals surface area contributed by atoms with Gasteiger partial charge in [-0.15, -0.1) is 0 Å². The zero-order valence-corrected chi connectivity index (χ0v) is 9.69. The first-order valence-electron chi connectivity index (χ1n) is 5.53. The maximum Gasteiger partial charge on any atom is 0.318 e. The predicted octanol–water partition coefficient (Wildman–Crippen LogP) is 1.38. The van der Waals surface area contributed by atoms with Gasteiger partial charge in [0, 0.05) is 24.9 Å². The van der Waals surface area contributed by atoms with Gasteiger partial charge in [-0.25, -0.2) is 4.98 Å². The highest BCUT2D eigenvalue weighted by Crippen LogP contribution is 2.14. The Labute approximate surface area is 95.2 Å². The molecule has 0 aliphatic carbocycles. The molecule has 5 heteroatoms. The molecule has 2 rings (SSSR count). The number of hydrogen-bond donors (Lipinski definition) is 1. The monoisotopic (exact) mass is 223 g/mol. The second-order valence-electron chi connectivity index (χ2n) is 3.90. The van der Waals surface area contributed by atoms with Gasteiger partial charge in [-0.3, -0.25) is 0 Å². The molecule has 0 spiro atoms. The molecular weight excluding hydrogens is 206 g/mol. The van der Waals surface area contributed by atoms with E-state index in [1.807, 2.05) is 13.0 Å². The van der Waals surface area contributed by atoms with Gasteiger partial charge in [-0.1, -0.05) is 0 Å². The lowest BCUT2D eigenvalue weighted by molar-refractivity contribution is 0.120. The fourth-order valence-electron chi connectivity index (χ4n) is 1.75. The summed E-state index contributed by atoms with van der Waals surface area (Å²) in [5.41, 5.74) is 0.890. The lowest BCUT2D eigenvalue weighted by atomic mass is 10.2. The van der Waals surface area contributed by atoms with Crippen molar-refractivity contribution in [2.24, 2.45) is 0 Å². The summed E-state index contributed by atoms with van der Waals surface area (Å²) in [6.45, 7) is 3.58. The van der Waals surface area contributed by atoms with Crippen LogP contribution in [0.3, 0.4) is 0 Å². The van der Waals surface area contributed by atoms with E-state index in [1.165, 1.54) is 0 Å². The van der Waals surface area contributed by atoms with Crippen molar-refractivity contribution in [2.45, 2.75) is 25.9 Å². The fraction of sp³-hybridized carbons (Fsp3) is 0.636. The molecule has 1 aliphatic rings. The summed E-state index contributed by atoms with van der Waals surface area (Å²) in [6.07, 6.45) is 2.58. The lowest BCUT2D eigenvalue weighted by Crippen LogP contribution is -2.19. The Hall–Kier alpha value is -1.36. The number of methoxy groups -OCH3 is 1. The quantitative estimate of drug-likeness (QED) is 0.835. The van der Waals surface area contributed by atoms with Crippen molar-refractivity contribution in [2.75, 3.05) is 25.6 Å². The minimum Gasteiger partial charge on any atom is -0.467 e. The summed E-state index contributed by atoms with van der Waals surface area (Å²) < 4.78 is 10.5. The molecule has 1 fully saturated rings. The molecule has 1 unspecified atom stereocenters. The third-order valence-corrected chi connectivity index (χ3v) is 2.55. The number of nitrogens with one attached hydrogen (secondary N) is 1. The summed E-state index contributed by atoms with van der Waals surface area (Å²) in [7, 11) is 1.57. The zero-order chi connectivity index (χ0) is 11.4. The largest absolute Gasteiger partial charge is 0.467 e. The molecule has 1 aromatic heterocycles. The molecule has 1 aromatic rings. The van der Waals surface area contributed by atoms with E-state index in [9.17, 15) is 0 Å². The smallest absolute Gasteiger partial charge is 0.318 e. The Morgan fingerprint density at radius 2 is 2.44 bits per heavy atom. The van der Waals surface area contributed by atoms with Gasteiger partial charge in [0.25, 0.3) is 0 Å². The van der Waals surface area contributed by atoms with Crippen LogP contribution < -0.4 is 10.1 Å². The van der Waals surface area contributed by atoms with E-state index in [0.29, 0.717) is 12.1 Å². The van der Waals surface area contributed by atoms with Crippen molar-refractivity contribution in [1.29, 1.82) is 0 Å². The van der Waals surface area contributed by atoms with E-state index in [0.717, 1.165) is 37.5 Å². The number of ether oxygens (including phenoxy) is 2. The van der Waals surface area contributed by atoms with Crippen LogP contribution in [0.1, 0.15) is 18.5 Å². The standard InChI is InChI=1S/C11H17N3O2/c1-8-6-10(14-11(13-8)15-2)12-7-9-4-3-5-16-9/h6,9H,3-5,7H2,1-2H3,(H,12,13,14). The van der Waals surface area contributed by atoms with Crippen molar-refractivity contribution >= 4 is 5.82 Å². The van der Waals surface area contributed by atoms with Gasteiger partial charge in [0.15, 0.2) is 0 Å². The summed E-state index contributed by atoms with van der Waals surface area (Å²) in [6, 6.07) is 2.30. The normalized spacial score (nSPS) is 19.8. The van der Waals surface area contributed by atoms with E-state index in [2.05, 4.69) is 15.3 Å². The molecule has 0 bridgehead atoms. The molecule has 0 radical (unpaired) electrons. The number of nitrogens with zero attached hydrogens (tertiary/aromatic N) is 2. The fourth-order valence-corrected chi connectivity index (χ4v) is 1.75. The van der Waals surface area contributed by atoms with Crippen LogP contribution in [-0.2, 0) is 4.74 Å². The first-order chi connectivity index (χ1) is 7.78. The SMILES string of the molecule is COc1nc(C)cc(NCC2CCCO2)n1. The number of hydrogen-bond acceptors (Lipinski definition) is 5. The number of aromatic nitrogens is 2. The molecule has 2 heterocycles. The minimum absolute atomic E-state index is 0.307. The topological polar surface area (TPSA) is 56.3 Å². The highest BCUT2D eigenvalue weighted by Gasteiger charge is 2.15. The third kappa shape index (κ3) is 2.82. The van der Waals surface area contributed by atoms with E-state index in [4.69, 9.17) is 9.47 Å². The van der Waals surface area contributed by atoms with Crippen LogP contribution in [0.25, 0.3) is 0 Å². The Morgan fingerprint density at radius 3 is 3.12 bits per heavy atom. The molecular formula is C11H17N3O2. The molecule has 5 nitrogen and oxygen atoms in total. The first-order valence-corrected chi connectivity index (χ1v) is 5.53. The molecule has 0 aromatic carbocycles. The van der Waals surface area contributed by atoms with E-state index >= 15 is 0 Å². The van der Waals surface area contributed by atoms with Crippen molar-refractivity contribution in [3.8, 4) is 6.01 Å². The van der Waals surface area contributed by atoms with Crippen LogP contribution >= 0.6 is 0 Å². The predicted molar refractivity (Wildman–Crippen MR) is 60.8 cm³/mol. The van der Waals surface area contributed by atoms with Gasteiger partial charge in [0.1, 0.15) is 5.82 Å². The van der Waals surface area contributed by atoms with Crippen LogP contribution in [-0.4, -0.2) is 36.3 Å². The maximum absolute atomic E-state index is 5.52. The molecule has 0 saturated carbocycles. The lowest BCUT2D eigenvalue weighted by Gasteiger charge is -2.11. The zero-order valence-electron chi connectivity index (χ0n) is 9.69. The summed E-state index contributed by atoms with van der Waals surface area (Å²) in [4.78, 5) is 8.34.